The number of likely N-dealkylation sites (N-methyl/N-ethyl adjacent to an activating group) is 1. The number of benzene rings is 2. The number of hydrogen-bond acceptors (Lipinski definition) is 4. The van der Waals surface area contributed by atoms with Gasteiger partial charge in [0.25, 0.3) is 5.91 Å². The minimum absolute atomic E-state index is 0.364. The van der Waals surface area contributed by atoms with Gasteiger partial charge in [-0.3, -0.25) is 14.5 Å². The van der Waals surface area contributed by atoms with Crippen LogP contribution in [0.4, 0.5) is 14.9 Å². The molecule has 1 heterocycles. The minimum atomic E-state index is -1.33. The molecule has 2 N–H and O–H groups in total. The molecule has 4 amide bonds. The number of hydrogen-bond donors (Lipinski definition) is 2. The van der Waals surface area contributed by atoms with Crippen molar-refractivity contribution in [3.05, 3.63) is 66.0 Å². The van der Waals surface area contributed by atoms with Crippen molar-refractivity contribution < 1.29 is 18.8 Å². The summed E-state index contributed by atoms with van der Waals surface area (Å²) >= 11 is 0. The van der Waals surface area contributed by atoms with Gasteiger partial charge in [0, 0.05) is 25.8 Å². The molecule has 0 saturated carbocycles. The summed E-state index contributed by atoms with van der Waals surface area (Å²) in [5.74, 6) is -1.42. The second-order valence-electron chi connectivity index (χ2n) is 7.06. The number of amides is 4. The number of para-hydroxylation sites is 1. The highest BCUT2D eigenvalue weighted by Crippen LogP contribution is 2.28. The zero-order valence-electron chi connectivity index (χ0n) is 16.3. The Bertz CT molecular complexity index is 904. The van der Waals surface area contributed by atoms with Crippen LogP contribution in [0.15, 0.2) is 54.6 Å². The zero-order chi connectivity index (χ0) is 21.0. The Morgan fingerprint density at radius 2 is 1.79 bits per heavy atom. The smallest absolute Gasteiger partial charge is 0.325 e. The van der Waals surface area contributed by atoms with Crippen molar-refractivity contribution in [2.75, 3.05) is 31.6 Å². The molecule has 0 aliphatic carbocycles. The van der Waals surface area contributed by atoms with Gasteiger partial charge in [-0.25, -0.2) is 9.18 Å². The summed E-state index contributed by atoms with van der Waals surface area (Å²) in [4.78, 5) is 40.2. The summed E-state index contributed by atoms with van der Waals surface area (Å²) in [5.41, 5.74) is 0.133. The second kappa shape index (κ2) is 8.30. The van der Waals surface area contributed by atoms with Gasteiger partial charge < -0.3 is 15.5 Å². The highest BCUT2D eigenvalue weighted by Gasteiger charge is 2.49. The monoisotopic (exact) mass is 398 g/mol. The van der Waals surface area contributed by atoms with Crippen LogP contribution in [0.5, 0.6) is 0 Å². The minimum Gasteiger partial charge on any atom is -0.373 e. The fourth-order valence-corrected chi connectivity index (χ4v) is 3.19. The average molecular weight is 398 g/mol. The summed E-state index contributed by atoms with van der Waals surface area (Å²) in [6, 6.07) is 14.4. The maximum atomic E-state index is 13.2. The first-order valence-electron chi connectivity index (χ1n) is 9.24. The van der Waals surface area contributed by atoms with E-state index in [2.05, 4.69) is 10.6 Å². The van der Waals surface area contributed by atoms with Crippen LogP contribution in [-0.4, -0.2) is 49.4 Å². The number of anilines is 1. The molecule has 1 aliphatic heterocycles. The maximum absolute atomic E-state index is 13.2. The first-order valence-corrected chi connectivity index (χ1v) is 9.24. The molecular formula is C21H23FN4O3. The quantitative estimate of drug-likeness (QED) is 0.698. The standard InChI is InChI=1S/C21H23FN4O3/c1-21(15-8-10-16(22)11-9-15)19(28)26(20(29)24-21)14-18(27)23-12-13-25(2)17-6-4-3-5-7-17/h3-11H,12-14H2,1-2H3,(H,23,27)(H,24,29). The number of imide groups is 1. The van der Waals surface area contributed by atoms with Crippen molar-refractivity contribution in [3.8, 4) is 0 Å². The van der Waals surface area contributed by atoms with Crippen LogP contribution < -0.4 is 15.5 Å². The van der Waals surface area contributed by atoms with Crippen LogP contribution in [0, 0.1) is 5.82 Å². The van der Waals surface area contributed by atoms with E-state index in [9.17, 15) is 18.8 Å². The summed E-state index contributed by atoms with van der Waals surface area (Å²) in [6.07, 6.45) is 0. The van der Waals surface area contributed by atoms with Gasteiger partial charge in [0.2, 0.25) is 5.91 Å². The van der Waals surface area contributed by atoms with Crippen LogP contribution >= 0.6 is 0 Å². The van der Waals surface area contributed by atoms with E-state index >= 15 is 0 Å². The lowest BCUT2D eigenvalue weighted by atomic mass is 9.92. The predicted octanol–water partition coefficient (Wildman–Crippen LogP) is 1.85. The Hall–Kier alpha value is -3.42. The molecule has 0 bridgehead atoms. The van der Waals surface area contributed by atoms with E-state index < -0.39 is 29.2 Å². The summed E-state index contributed by atoms with van der Waals surface area (Å²) in [7, 11) is 1.91. The van der Waals surface area contributed by atoms with Crippen molar-refractivity contribution >= 4 is 23.5 Å². The summed E-state index contributed by atoms with van der Waals surface area (Å²) in [6.45, 7) is 2.09. The van der Waals surface area contributed by atoms with Crippen LogP contribution in [-0.2, 0) is 15.1 Å². The molecule has 8 heteroatoms. The van der Waals surface area contributed by atoms with Gasteiger partial charge in [0.05, 0.1) is 0 Å². The van der Waals surface area contributed by atoms with E-state index in [0.717, 1.165) is 10.6 Å². The molecule has 3 rings (SSSR count). The van der Waals surface area contributed by atoms with E-state index in [0.29, 0.717) is 18.7 Å². The van der Waals surface area contributed by atoms with Crippen LogP contribution in [0.25, 0.3) is 0 Å². The summed E-state index contributed by atoms with van der Waals surface area (Å²) in [5, 5.41) is 5.32. The topological polar surface area (TPSA) is 81.8 Å². The van der Waals surface area contributed by atoms with Gasteiger partial charge in [0.15, 0.2) is 0 Å². The molecule has 0 radical (unpaired) electrons. The number of carbonyl (C=O) groups is 3. The van der Waals surface area contributed by atoms with Crippen LogP contribution in [0.2, 0.25) is 0 Å². The number of carbonyl (C=O) groups excluding carboxylic acids is 3. The largest absolute Gasteiger partial charge is 0.373 e. The van der Waals surface area contributed by atoms with Gasteiger partial charge >= 0.3 is 6.03 Å². The molecule has 0 aromatic heterocycles. The fourth-order valence-electron chi connectivity index (χ4n) is 3.19. The van der Waals surface area contributed by atoms with Crippen molar-refractivity contribution in [1.29, 1.82) is 0 Å². The molecule has 2 aromatic rings. The third-order valence-electron chi connectivity index (χ3n) is 4.96. The molecule has 1 unspecified atom stereocenters. The Morgan fingerprint density at radius 3 is 2.45 bits per heavy atom. The van der Waals surface area contributed by atoms with E-state index in [1.165, 1.54) is 31.2 Å². The normalized spacial score (nSPS) is 18.5. The number of nitrogens with one attached hydrogen (secondary N) is 2. The first kappa shape index (κ1) is 20.3. The lowest BCUT2D eigenvalue weighted by molar-refractivity contribution is -0.134. The van der Waals surface area contributed by atoms with Gasteiger partial charge in [-0.2, -0.15) is 0 Å². The van der Waals surface area contributed by atoms with E-state index in [4.69, 9.17) is 0 Å². The average Bonchev–Trinajstić information content (AvgIpc) is 2.93. The lowest BCUT2D eigenvalue weighted by Gasteiger charge is -2.22. The maximum Gasteiger partial charge on any atom is 0.325 e. The van der Waals surface area contributed by atoms with Gasteiger partial charge in [-0.05, 0) is 36.8 Å². The first-order chi connectivity index (χ1) is 13.8. The number of urea groups is 1. The van der Waals surface area contributed by atoms with Crippen LogP contribution in [0.3, 0.4) is 0 Å². The molecule has 29 heavy (non-hydrogen) atoms. The number of nitrogens with zero attached hydrogens (tertiary/aromatic N) is 2. The van der Waals surface area contributed by atoms with Crippen molar-refractivity contribution in [3.63, 3.8) is 0 Å². The Balaban J connectivity index is 1.55. The van der Waals surface area contributed by atoms with Crippen molar-refractivity contribution in [1.82, 2.24) is 15.5 Å². The predicted molar refractivity (Wildman–Crippen MR) is 107 cm³/mol. The van der Waals surface area contributed by atoms with Crippen molar-refractivity contribution in [2.24, 2.45) is 0 Å². The molecule has 1 saturated heterocycles. The van der Waals surface area contributed by atoms with Crippen molar-refractivity contribution in [2.45, 2.75) is 12.5 Å². The molecule has 7 nitrogen and oxygen atoms in total. The highest BCUT2D eigenvalue weighted by molar-refractivity contribution is 6.09. The van der Waals surface area contributed by atoms with Crippen LogP contribution in [0.1, 0.15) is 12.5 Å². The van der Waals surface area contributed by atoms with E-state index in [1.54, 1.807) is 0 Å². The van der Waals surface area contributed by atoms with E-state index in [-0.39, 0.29) is 6.54 Å². The molecule has 1 atom stereocenters. The molecule has 1 aliphatic rings. The highest BCUT2D eigenvalue weighted by atomic mass is 19.1. The molecule has 152 valence electrons. The van der Waals surface area contributed by atoms with Gasteiger partial charge in [-0.1, -0.05) is 30.3 Å². The Kier molecular flexibility index (Phi) is 5.81. The third kappa shape index (κ3) is 4.37. The molecular weight excluding hydrogens is 375 g/mol. The molecule has 1 fully saturated rings. The van der Waals surface area contributed by atoms with Gasteiger partial charge in [0.1, 0.15) is 17.9 Å². The lowest BCUT2D eigenvalue weighted by Crippen LogP contribution is -2.44. The SMILES string of the molecule is CN(CCNC(=O)CN1C(=O)NC(C)(c2ccc(F)cc2)C1=O)c1ccccc1. The Labute approximate surface area is 168 Å². The number of rotatable bonds is 7. The molecule has 2 aromatic carbocycles. The van der Waals surface area contributed by atoms with E-state index in [1.807, 2.05) is 42.3 Å². The third-order valence-corrected chi connectivity index (χ3v) is 4.96. The zero-order valence-corrected chi connectivity index (χ0v) is 16.3. The fraction of sp³-hybridized carbons (Fsp3) is 0.286. The summed E-state index contributed by atoms with van der Waals surface area (Å²) < 4.78 is 13.2. The number of halogens is 1. The second-order valence-corrected chi connectivity index (χ2v) is 7.06. The molecule has 0 spiro atoms. The Morgan fingerprint density at radius 1 is 1.14 bits per heavy atom. The van der Waals surface area contributed by atoms with Gasteiger partial charge in [-0.15, -0.1) is 0 Å².